The van der Waals surface area contributed by atoms with Crippen molar-refractivity contribution in [1.82, 2.24) is 29.7 Å². The summed E-state index contributed by atoms with van der Waals surface area (Å²) in [5.74, 6) is 1.53. The van der Waals surface area contributed by atoms with Crippen LogP contribution in [0.25, 0.3) is 22.1 Å². The second-order valence-electron chi connectivity index (χ2n) is 5.59. The lowest BCUT2D eigenvalue weighted by Crippen LogP contribution is -2.00. The number of aromatic nitrogens is 6. The maximum absolute atomic E-state index is 4.69. The van der Waals surface area contributed by atoms with E-state index in [0.717, 1.165) is 38.7 Å². The average molecular weight is 393 g/mol. The van der Waals surface area contributed by atoms with Crippen LogP contribution in [0, 0.1) is 0 Å². The van der Waals surface area contributed by atoms with Crippen LogP contribution in [0.5, 0.6) is 0 Å². The van der Waals surface area contributed by atoms with Crippen molar-refractivity contribution in [2.45, 2.75) is 17.5 Å². The van der Waals surface area contributed by atoms with Gasteiger partial charge in [0.25, 0.3) is 0 Å². The van der Waals surface area contributed by atoms with Crippen molar-refractivity contribution in [3.05, 3.63) is 72.7 Å². The van der Waals surface area contributed by atoms with Gasteiger partial charge in [0.2, 0.25) is 0 Å². The zero-order valence-corrected chi connectivity index (χ0v) is 16.0. The summed E-state index contributed by atoms with van der Waals surface area (Å²) in [4.78, 5) is 13.1. The van der Waals surface area contributed by atoms with Gasteiger partial charge in [0.05, 0.1) is 11.4 Å². The van der Waals surface area contributed by atoms with E-state index in [1.54, 1.807) is 41.7 Å². The minimum Gasteiger partial charge on any atom is -0.298 e. The maximum atomic E-state index is 4.69. The number of thioether (sulfide) groups is 1. The fraction of sp³-hybridized carbons (Fsp3) is 0.105. The molecule has 8 heteroatoms. The van der Waals surface area contributed by atoms with Crippen molar-refractivity contribution in [2.24, 2.45) is 0 Å². The SMILES string of the molecule is C=CCn1c(SCc2csc(-c3ccccn3)n2)nnc1-c1ccncc1. The van der Waals surface area contributed by atoms with Gasteiger partial charge in [0.1, 0.15) is 5.01 Å². The highest BCUT2D eigenvalue weighted by Crippen LogP contribution is 2.28. The van der Waals surface area contributed by atoms with E-state index in [1.165, 1.54) is 0 Å². The largest absolute Gasteiger partial charge is 0.298 e. The molecule has 4 heterocycles. The van der Waals surface area contributed by atoms with Crippen LogP contribution in [0.1, 0.15) is 5.69 Å². The van der Waals surface area contributed by atoms with E-state index in [4.69, 9.17) is 0 Å². The summed E-state index contributed by atoms with van der Waals surface area (Å²) in [6, 6.07) is 9.70. The summed E-state index contributed by atoms with van der Waals surface area (Å²) in [7, 11) is 0. The third-order valence-corrected chi connectivity index (χ3v) is 5.67. The Morgan fingerprint density at radius 2 is 2.00 bits per heavy atom. The molecule has 6 nitrogen and oxygen atoms in total. The smallest absolute Gasteiger partial charge is 0.192 e. The third-order valence-electron chi connectivity index (χ3n) is 3.75. The van der Waals surface area contributed by atoms with Crippen LogP contribution in [-0.4, -0.2) is 29.7 Å². The molecule has 0 atom stereocenters. The molecule has 0 radical (unpaired) electrons. The molecule has 0 N–H and O–H groups in total. The molecular weight excluding hydrogens is 376 g/mol. The molecule has 27 heavy (non-hydrogen) atoms. The minimum atomic E-state index is 0.642. The number of thiazole rings is 1. The lowest BCUT2D eigenvalue weighted by Gasteiger charge is -2.07. The van der Waals surface area contributed by atoms with Crippen LogP contribution in [0.2, 0.25) is 0 Å². The van der Waals surface area contributed by atoms with E-state index < -0.39 is 0 Å². The molecular formula is C19H16N6S2. The molecule has 0 saturated carbocycles. The molecule has 0 bridgehead atoms. The Bertz CT molecular complexity index is 1030. The number of allylic oxidation sites excluding steroid dienone is 1. The van der Waals surface area contributed by atoms with Gasteiger partial charge in [0.15, 0.2) is 11.0 Å². The third kappa shape index (κ3) is 3.96. The van der Waals surface area contributed by atoms with Gasteiger partial charge in [-0.3, -0.25) is 14.5 Å². The molecule has 0 unspecified atom stereocenters. The molecule has 0 aliphatic carbocycles. The number of nitrogens with zero attached hydrogens (tertiary/aromatic N) is 6. The normalized spacial score (nSPS) is 10.8. The van der Waals surface area contributed by atoms with Crippen molar-refractivity contribution in [1.29, 1.82) is 0 Å². The Morgan fingerprint density at radius 1 is 1.11 bits per heavy atom. The highest BCUT2D eigenvalue weighted by atomic mass is 32.2. The van der Waals surface area contributed by atoms with Crippen LogP contribution in [-0.2, 0) is 12.3 Å². The molecule has 0 aliphatic heterocycles. The Morgan fingerprint density at radius 3 is 2.78 bits per heavy atom. The van der Waals surface area contributed by atoms with E-state index in [9.17, 15) is 0 Å². The lowest BCUT2D eigenvalue weighted by atomic mass is 10.2. The standard InChI is InChI=1S/C19H16N6S2/c1-2-11-25-17(14-6-9-20-10-7-14)23-24-19(25)27-13-15-12-26-18(22-15)16-5-3-4-8-21-16/h2-10,12H,1,11,13H2. The van der Waals surface area contributed by atoms with Gasteiger partial charge in [-0.1, -0.05) is 23.9 Å². The van der Waals surface area contributed by atoms with Gasteiger partial charge in [-0.05, 0) is 24.3 Å². The summed E-state index contributed by atoms with van der Waals surface area (Å²) in [5.41, 5.74) is 2.88. The highest BCUT2D eigenvalue weighted by molar-refractivity contribution is 7.98. The van der Waals surface area contributed by atoms with Gasteiger partial charge in [-0.25, -0.2) is 4.98 Å². The van der Waals surface area contributed by atoms with Crippen molar-refractivity contribution in [2.75, 3.05) is 0 Å². The Kier molecular flexibility index (Phi) is 5.36. The quantitative estimate of drug-likeness (QED) is 0.344. The first kappa shape index (κ1) is 17.6. The fourth-order valence-electron chi connectivity index (χ4n) is 2.52. The molecule has 0 fully saturated rings. The molecule has 4 rings (SSSR count). The lowest BCUT2D eigenvalue weighted by molar-refractivity contribution is 0.731. The van der Waals surface area contributed by atoms with Crippen LogP contribution in [0.15, 0.2) is 72.1 Å². The summed E-state index contributed by atoms with van der Waals surface area (Å²) >= 11 is 3.22. The summed E-state index contributed by atoms with van der Waals surface area (Å²) in [6.07, 6.45) is 7.14. The van der Waals surface area contributed by atoms with Crippen molar-refractivity contribution >= 4 is 23.1 Å². The summed E-state index contributed by atoms with van der Waals surface area (Å²) in [5, 5.41) is 12.6. The minimum absolute atomic E-state index is 0.642. The summed E-state index contributed by atoms with van der Waals surface area (Å²) < 4.78 is 2.05. The van der Waals surface area contributed by atoms with E-state index in [-0.39, 0.29) is 0 Å². The first-order valence-corrected chi connectivity index (χ1v) is 10.1. The molecule has 0 aromatic carbocycles. The monoisotopic (exact) mass is 392 g/mol. The van der Waals surface area contributed by atoms with Gasteiger partial charge in [0, 0.05) is 41.8 Å². The van der Waals surface area contributed by atoms with E-state index >= 15 is 0 Å². The van der Waals surface area contributed by atoms with Crippen LogP contribution in [0.3, 0.4) is 0 Å². The van der Waals surface area contributed by atoms with Gasteiger partial charge in [-0.15, -0.1) is 28.1 Å². The van der Waals surface area contributed by atoms with Crippen LogP contribution < -0.4 is 0 Å². The molecule has 0 spiro atoms. The molecule has 0 amide bonds. The Hall–Kier alpha value is -2.84. The topological polar surface area (TPSA) is 69.4 Å². The molecule has 134 valence electrons. The van der Waals surface area contributed by atoms with Crippen molar-refractivity contribution in [3.8, 4) is 22.1 Å². The van der Waals surface area contributed by atoms with Crippen LogP contribution >= 0.6 is 23.1 Å². The Balaban J connectivity index is 1.53. The molecule has 0 aliphatic rings. The summed E-state index contributed by atoms with van der Waals surface area (Å²) in [6.45, 7) is 4.49. The van der Waals surface area contributed by atoms with Gasteiger partial charge < -0.3 is 0 Å². The first-order chi connectivity index (χ1) is 13.3. The van der Waals surface area contributed by atoms with Gasteiger partial charge in [-0.2, -0.15) is 0 Å². The zero-order valence-electron chi connectivity index (χ0n) is 14.4. The van der Waals surface area contributed by atoms with E-state index in [2.05, 4.69) is 41.7 Å². The zero-order chi connectivity index (χ0) is 18.5. The van der Waals surface area contributed by atoms with Crippen LogP contribution in [0.4, 0.5) is 0 Å². The van der Waals surface area contributed by atoms with Crippen molar-refractivity contribution in [3.63, 3.8) is 0 Å². The average Bonchev–Trinajstić information content (AvgIpc) is 3.35. The molecule has 4 aromatic heterocycles. The number of pyridine rings is 2. The number of rotatable bonds is 7. The fourth-order valence-corrected chi connectivity index (χ4v) is 4.26. The highest BCUT2D eigenvalue weighted by Gasteiger charge is 2.14. The number of hydrogen-bond donors (Lipinski definition) is 0. The predicted octanol–water partition coefficient (Wildman–Crippen LogP) is 4.34. The second kappa shape index (κ2) is 8.24. The molecule has 4 aromatic rings. The second-order valence-corrected chi connectivity index (χ2v) is 7.39. The van der Waals surface area contributed by atoms with Crippen molar-refractivity contribution < 1.29 is 0 Å². The maximum Gasteiger partial charge on any atom is 0.192 e. The predicted molar refractivity (Wildman–Crippen MR) is 108 cm³/mol. The van der Waals surface area contributed by atoms with Gasteiger partial charge >= 0.3 is 0 Å². The van der Waals surface area contributed by atoms with E-state index in [0.29, 0.717) is 6.54 Å². The van der Waals surface area contributed by atoms with E-state index in [1.807, 2.05) is 36.4 Å². The molecule has 0 saturated heterocycles. The first-order valence-electron chi connectivity index (χ1n) is 8.28. The Labute approximate surface area is 165 Å². The number of hydrogen-bond acceptors (Lipinski definition) is 7.